The van der Waals surface area contributed by atoms with Crippen LogP contribution in [0.2, 0.25) is 0 Å². The molecule has 0 amide bonds. The number of para-hydroxylation sites is 1. The van der Waals surface area contributed by atoms with Crippen molar-refractivity contribution in [2.24, 2.45) is 0 Å². The Labute approximate surface area is 137 Å². The molecule has 0 bridgehead atoms. The van der Waals surface area contributed by atoms with E-state index in [9.17, 15) is 0 Å². The van der Waals surface area contributed by atoms with E-state index in [0.29, 0.717) is 18.5 Å². The molecule has 20 heavy (non-hydrogen) atoms. The molecule has 0 saturated carbocycles. The van der Waals surface area contributed by atoms with E-state index in [0.717, 1.165) is 0 Å². The predicted octanol–water partition coefficient (Wildman–Crippen LogP) is 4.15. The lowest BCUT2D eigenvalue weighted by atomic mass is 10.1. The van der Waals surface area contributed by atoms with Crippen LogP contribution in [0.25, 0.3) is 0 Å². The summed E-state index contributed by atoms with van der Waals surface area (Å²) in [6, 6.07) is 1.23. The molecule has 0 spiro atoms. The summed E-state index contributed by atoms with van der Waals surface area (Å²) in [6.45, 7) is 2.21. The highest BCUT2D eigenvalue weighted by Crippen LogP contribution is 2.26. The number of ether oxygens (including phenoxy) is 1. The van der Waals surface area contributed by atoms with E-state index in [1.807, 2.05) is 0 Å². The van der Waals surface area contributed by atoms with Gasteiger partial charge in [0.1, 0.15) is 11.9 Å². The van der Waals surface area contributed by atoms with Gasteiger partial charge in [0.2, 0.25) is 0 Å². The number of hydrogen-bond donors (Lipinski definition) is 1. The third kappa shape index (κ3) is 4.55. The van der Waals surface area contributed by atoms with Crippen LogP contribution in [-0.2, 0) is 0 Å². The average molecular weight is 299 g/mol. The van der Waals surface area contributed by atoms with Crippen molar-refractivity contribution in [1.29, 1.82) is 0 Å². The molecule has 0 aliphatic carbocycles. The van der Waals surface area contributed by atoms with Crippen LogP contribution in [-0.4, -0.2) is 13.6 Å². The van der Waals surface area contributed by atoms with Gasteiger partial charge in [-0.1, -0.05) is 48.4 Å². The number of hydrogen-bond acceptors (Lipinski definition) is 2. The first-order valence-corrected chi connectivity index (χ1v) is 6.15. The number of rotatable bonds is 6. The first-order valence-electron chi connectivity index (χ1n) is 9.65. The fourth-order valence-corrected chi connectivity index (χ4v) is 1.68. The van der Waals surface area contributed by atoms with E-state index >= 15 is 0 Å². The Kier molecular flexibility index (Phi) is 3.75. The second-order valence-corrected chi connectivity index (χ2v) is 4.15. The summed E-state index contributed by atoms with van der Waals surface area (Å²) in [4.78, 5) is 0. The van der Waals surface area contributed by atoms with Gasteiger partial charge in [0.25, 0.3) is 0 Å². The van der Waals surface area contributed by atoms with Crippen LogP contribution in [0, 0.1) is 6.92 Å². The Morgan fingerprint density at radius 3 is 2.60 bits per heavy atom. The monoisotopic (exact) mass is 298 g/mol. The summed E-state index contributed by atoms with van der Waals surface area (Å²) in [5, 5.41) is 2.96. The Bertz CT molecular complexity index is 779. The molecule has 1 N–H and O–H groups in total. The molecule has 2 nitrogen and oxygen atoms in total. The number of halogens is 1. The summed E-state index contributed by atoms with van der Waals surface area (Å²) in [7, 11) is 1.75. The molecule has 1 unspecified atom stereocenters. The molecule has 2 aromatic carbocycles. The zero-order chi connectivity index (χ0) is 19.6. The molecule has 2 rings (SSSR count). The largest absolute Gasteiger partial charge is 0.485 e. The molecule has 0 radical (unpaired) electrons. The van der Waals surface area contributed by atoms with Gasteiger partial charge in [0.15, 0.2) is 0 Å². The van der Waals surface area contributed by atoms with E-state index < -0.39 is 24.2 Å². The second kappa shape index (κ2) is 8.62. The lowest BCUT2D eigenvalue weighted by molar-refractivity contribution is 0.193. The van der Waals surface area contributed by atoms with Gasteiger partial charge in [0, 0.05) is 6.42 Å². The maximum Gasteiger partial charge on any atom is 0.125 e. The van der Waals surface area contributed by atoms with Gasteiger partial charge in [-0.3, -0.25) is 0 Å². The maximum absolute atomic E-state index is 8.16. The van der Waals surface area contributed by atoms with Gasteiger partial charge in [-0.2, -0.15) is 0 Å². The molecular formula is C17H22ClNO. The number of benzene rings is 2. The van der Waals surface area contributed by atoms with Crippen LogP contribution >= 0.6 is 12.4 Å². The van der Waals surface area contributed by atoms with E-state index in [-0.39, 0.29) is 47.9 Å². The smallest absolute Gasteiger partial charge is 0.125 e. The fourth-order valence-electron chi connectivity index (χ4n) is 1.68. The van der Waals surface area contributed by atoms with Gasteiger partial charge in [-0.25, -0.2) is 0 Å². The zero-order valence-electron chi connectivity index (χ0n) is 18.5. The first kappa shape index (κ1) is 8.71. The minimum atomic E-state index is -0.823. The SMILES string of the molecule is Cl.[2H]c1cc([2H])c(OC(CCNC)c2c([2H])c([2H])c([2H])c([2H])c2[2H])c(C)c1. The van der Waals surface area contributed by atoms with Gasteiger partial charge < -0.3 is 10.1 Å². The average Bonchev–Trinajstić information content (AvgIpc) is 2.58. The van der Waals surface area contributed by atoms with Gasteiger partial charge in [-0.15, -0.1) is 12.4 Å². The van der Waals surface area contributed by atoms with E-state index in [4.69, 9.17) is 14.3 Å². The summed E-state index contributed by atoms with van der Waals surface area (Å²) < 4.78 is 61.4. The summed E-state index contributed by atoms with van der Waals surface area (Å²) in [6.07, 6.45) is -0.470. The van der Waals surface area contributed by atoms with Crippen molar-refractivity contribution in [2.45, 2.75) is 19.4 Å². The molecule has 108 valence electrons. The van der Waals surface area contributed by atoms with Crippen LogP contribution < -0.4 is 10.1 Å². The third-order valence-corrected chi connectivity index (χ3v) is 2.70. The van der Waals surface area contributed by atoms with Gasteiger partial charge in [0.05, 0.1) is 9.60 Å². The van der Waals surface area contributed by atoms with Crippen molar-refractivity contribution < 1.29 is 14.3 Å². The quantitative estimate of drug-likeness (QED) is 0.865. The van der Waals surface area contributed by atoms with Crippen molar-refractivity contribution >= 4 is 12.4 Å². The van der Waals surface area contributed by atoms with E-state index in [1.54, 1.807) is 20.0 Å². The summed E-state index contributed by atoms with van der Waals surface area (Å²) in [5.74, 6) is 0.244. The second-order valence-electron chi connectivity index (χ2n) is 4.15. The van der Waals surface area contributed by atoms with Crippen molar-refractivity contribution in [3.63, 3.8) is 0 Å². The third-order valence-electron chi connectivity index (χ3n) is 2.70. The molecule has 0 saturated heterocycles. The molecule has 3 heteroatoms. The molecular weight excluding hydrogens is 270 g/mol. The van der Waals surface area contributed by atoms with E-state index in [2.05, 4.69) is 5.32 Å². The minimum Gasteiger partial charge on any atom is -0.485 e. The lowest BCUT2D eigenvalue weighted by Gasteiger charge is -2.20. The highest BCUT2D eigenvalue weighted by atomic mass is 35.5. The van der Waals surface area contributed by atoms with Crippen molar-refractivity contribution in [3.05, 3.63) is 65.6 Å². The van der Waals surface area contributed by atoms with Crippen LogP contribution in [0.5, 0.6) is 5.75 Å². The minimum absolute atomic E-state index is 0. The number of aryl methyl sites for hydroxylation is 1. The Balaban J connectivity index is 0.00000364. The topological polar surface area (TPSA) is 21.3 Å². The molecule has 1 atom stereocenters. The first-order chi connectivity index (χ1) is 12.2. The van der Waals surface area contributed by atoms with Crippen LogP contribution in [0.1, 0.15) is 33.2 Å². The predicted molar refractivity (Wildman–Crippen MR) is 86.8 cm³/mol. The van der Waals surface area contributed by atoms with Gasteiger partial charge in [-0.05, 0) is 37.7 Å². The zero-order valence-corrected chi connectivity index (χ0v) is 12.3. The van der Waals surface area contributed by atoms with Crippen molar-refractivity contribution in [3.8, 4) is 5.75 Å². The van der Waals surface area contributed by atoms with Crippen molar-refractivity contribution in [1.82, 2.24) is 5.32 Å². The Hall–Kier alpha value is -1.51. The summed E-state index contributed by atoms with van der Waals surface area (Å²) in [5.41, 5.74) is 0.657. The van der Waals surface area contributed by atoms with Crippen LogP contribution in [0.15, 0.2) is 54.4 Å². The van der Waals surface area contributed by atoms with E-state index in [1.165, 1.54) is 6.07 Å². The molecule has 2 aromatic rings. The highest BCUT2D eigenvalue weighted by molar-refractivity contribution is 5.85. The lowest BCUT2D eigenvalue weighted by Crippen LogP contribution is -2.16. The normalized spacial score (nSPS) is 16.4. The molecule has 0 heterocycles. The molecule has 0 aliphatic heterocycles. The fraction of sp³-hybridized carbons (Fsp3) is 0.294. The maximum atomic E-state index is 8.16. The molecule has 0 aromatic heterocycles. The van der Waals surface area contributed by atoms with Gasteiger partial charge >= 0.3 is 0 Å². The van der Waals surface area contributed by atoms with Crippen LogP contribution in [0.3, 0.4) is 0 Å². The molecule has 0 fully saturated rings. The summed E-state index contributed by atoms with van der Waals surface area (Å²) >= 11 is 0. The van der Waals surface area contributed by atoms with Crippen LogP contribution in [0.4, 0.5) is 0 Å². The Morgan fingerprint density at radius 2 is 1.95 bits per heavy atom. The highest BCUT2D eigenvalue weighted by Gasteiger charge is 2.13. The number of nitrogens with one attached hydrogen (secondary N) is 1. The standard InChI is InChI=1S/C17H21NO.ClH/c1-14-8-6-7-11-16(14)19-17(12-13-18-2)15-9-4-3-5-10-15;/h3-11,17-18H,12-13H2,1-2H3;1H/i3D,4D,5D,6D,9D,10D,11D;. The van der Waals surface area contributed by atoms with Crippen molar-refractivity contribution in [2.75, 3.05) is 13.6 Å². The Morgan fingerprint density at radius 1 is 1.20 bits per heavy atom. The molecule has 0 aliphatic rings.